The van der Waals surface area contributed by atoms with Crippen molar-refractivity contribution in [3.8, 4) is 0 Å². The first kappa shape index (κ1) is 17.6. The number of hydrogen-bond donors (Lipinski definition) is 1. The minimum absolute atomic E-state index is 0.0920. The zero-order valence-corrected chi connectivity index (χ0v) is 13.0. The van der Waals surface area contributed by atoms with Crippen LogP contribution in [0, 0.1) is 15.9 Å². The van der Waals surface area contributed by atoms with E-state index in [4.69, 9.17) is 10.5 Å². The van der Waals surface area contributed by atoms with Gasteiger partial charge in [-0.25, -0.2) is 0 Å². The summed E-state index contributed by atoms with van der Waals surface area (Å²) in [4.78, 5) is 21.9. The van der Waals surface area contributed by atoms with Gasteiger partial charge in [0.1, 0.15) is 12.6 Å². The Bertz CT molecular complexity index is 737. The SMILES string of the molecule is C[C@@H](c1ccc([N+](=O)[O-])c(F)c1)[C@@H](N)C(=O)OCc1ccccc1. The minimum Gasteiger partial charge on any atom is -0.460 e. The monoisotopic (exact) mass is 332 g/mol. The Labute approximate surface area is 138 Å². The molecule has 0 aliphatic carbocycles. The van der Waals surface area contributed by atoms with E-state index in [0.29, 0.717) is 5.56 Å². The van der Waals surface area contributed by atoms with Crippen LogP contribution in [0.4, 0.5) is 10.1 Å². The Morgan fingerprint density at radius 1 is 1.29 bits per heavy atom. The molecule has 0 saturated carbocycles. The standard InChI is InChI=1S/C17H17FN2O4/c1-11(13-7-8-15(20(22)23)14(18)9-13)16(19)17(21)24-10-12-5-3-2-4-6-12/h2-9,11,16H,10,19H2,1H3/t11-,16+/m0/s1. The summed E-state index contributed by atoms with van der Waals surface area (Å²) in [5.74, 6) is -2.14. The van der Waals surface area contributed by atoms with E-state index in [1.807, 2.05) is 30.3 Å². The van der Waals surface area contributed by atoms with Gasteiger partial charge in [-0.2, -0.15) is 4.39 Å². The summed E-state index contributed by atoms with van der Waals surface area (Å²) in [6, 6.07) is 11.6. The summed E-state index contributed by atoms with van der Waals surface area (Å²) < 4.78 is 18.9. The van der Waals surface area contributed by atoms with Crippen molar-refractivity contribution in [2.24, 2.45) is 5.73 Å². The zero-order chi connectivity index (χ0) is 17.7. The van der Waals surface area contributed by atoms with Crippen LogP contribution in [0.2, 0.25) is 0 Å². The number of nitrogens with two attached hydrogens (primary N) is 1. The topological polar surface area (TPSA) is 95.5 Å². The molecule has 2 rings (SSSR count). The van der Waals surface area contributed by atoms with Gasteiger partial charge in [-0.1, -0.05) is 43.3 Å². The summed E-state index contributed by atoms with van der Waals surface area (Å²) in [6.07, 6.45) is 0. The molecule has 0 spiro atoms. The van der Waals surface area contributed by atoms with E-state index in [2.05, 4.69) is 0 Å². The van der Waals surface area contributed by atoms with Gasteiger partial charge < -0.3 is 10.5 Å². The summed E-state index contributed by atoms with van der Waals surface area (Å²) >= 11 is 0. The molecule has 0 radical (unpaired) electrons. The van der Waals surface area contributed by atoms with Crippen LogP contribution in [0.5, 0.6) is 0 Å². The van der Waals surface area contributed by atoms with Crippen molar-refractivity contribution in [1.82, 2.24) is 0 Å². The fourth-order valence-electron chi connectivity index (χ4n) is 2.19. The summed E-state index contributed by atoms with van der Waals surface area (Å²) in [5, 5.41) is 10.6. The van der Waals surface area contributed by atoms with Gasteiger partial charge in [-0.15, -0.1) is 0 Å². The van der Waals surface area contributed by atoms with E-state index >= 15 is 0 Å². The van der Waals surface area contributed by atoms with E-state index in [9.17, 15) is 19.3 Å². The molecule has 0 saturated heterocycles. The first-order valence-corrected chi connectivity index (χ1v) is 7.30. The van der Waals surface area contributed by atoms with Crippen LogP contribution in [-0.2, 0) is 16.1 Å². The van der Waals surface area contributed by atoms with Crippen LogP contribution in [0.1, 0.15) is 24.0 Å². The zero-order valence-electron chi connectivity index (χ0n) is 13.0. The maximum atomic E-state index is 13.7. The van der Waals surface area contributed by atoms with E-state index in [-0.39, 0.29) is 6.61 Å². The highest BCUT2D eigenvalue weighted by molar-refractivity contribution is 5.76. The van der Waals surface area contributed by atoms with E-state index in [1.165, 1.54) is 6.07 Å². The first-order valence-electron chi connectivity index (χ1n) is 7.30. The second-order valence-electron chi connectivity index (χ2n) is 5.38. The van der Waals surface area contributed by atoms with Crippen LogP contribution in [-0.4, -0.2) is 16.9 Å². The molecule has 0 aromatic heterocycles. The molecule has 0 amide bonds. The Balaban J connectivity index is 2.03. The third-order valence-corrected chi connectivity index (χ3v) is 3.73. The third kappa shape index (κ3) is 4.14. The normalized spacial score (nSPS) is 13.1. The Morgan fingerprint density at radius 3 is 2.54 bits per heavy atom. The van der Waals surface area contributed by atoms with Crippen molar-refractivity contribution >= 4 is 11.7 Å². The second-order valence-corrected chi connectivity index (χ2v) is 5.38. The summed E-state index contributed by atoms with van der Waals surface area (Å²) in [7, 11) is 0. The Hall–Kier alpha value is -2.80. The van der Waals surface area contributed by atoms with Crippen molar-refractivity contribution in [1.29, 1.82) is 0 Å². The average molecular weight is 332 g/mol. The number of rotatable bonds is 6. The van der Waals surface area contributed by atoms with Gasteiger partial charge in [0.25, 0.3) is 0 Å². The van der Waals surface area contributed by atoms with Crippen LogP contribution in [0.3, 0.4) is 0 Å². The quantitative estimate of drug-likeness (QED) is 0.498. The van der Waals surface area contributed by atoms with Gasteiger partial charge in [0.05, 0.1) is 4.92 Å². The summed E-state index contributed by atoms with van der Waals surface area (Å²) in [6.45, 7) is 1.73. The van der Waals surface area contributed by atoms with Gasteiger partial charge in [-0.05, 0) is 17.2 Å². The van der Waals surface area contributed by atoms with Crippen molar-refractivity contribution in [2.45, 2.75) is 25.5 Å². The number of nitro benzene ring substituents is 1. The number of halogens is 1. The lowest BCUT2D eigenvalue weighted by atomic mass is 9.93. The number of esters is 1. The molecule has 7 heteroatoms. The van der Waals surface area contributed by atoms with Crippen LogP contribution < -0.4 is 5.73 Å². The van der Waals surface area contributed by atoms with Gasteiger partial charge in [-0.3, -0.25) is 14.9 Å². The predicted molar refractivity (Wildman–Crippen MR) is 85.7 cm³/mol. The lowest BCUT2D eigenvalue weighted by Crippen LogP contribution is -2.37. The number of ether oxygens (including phenoxy) is 1. The van der Waals surface area contributed by atoms with Crippen molar-refractivity contribution in [3.63, 3.8) is 0 Å². The van der Waals surface area contributed by atoms with Crippen LogP contribution >= 0.6 is 0 Å². The van der Waals surface area contributed by atoms with Gasteiger partial charge in [0, 0.05) is 12.0 Å². The minimum atomic E-state index is -1.01. The first-order chi connectivity index (χ1) is 11.4. The van der Waals surface area contributed by atoms with Gasteiger partial charge in [0.15, 0.2) is 0 Å². The predicted octanol–water partition coefficient (Wildman–Crippen LogP) is 2.91. The van der Waals surface area contributed by atoms with Crippen LogP contribution in [0.25, 0.3) is 0 Å². The molecule has 0 aliphatic heterocycles. The average Bonchev–Trinajstić information content (AvgIpc) is 2.58. The van der Waals surface area contributed by atoms with E-state index in [0.717, 1.165) is 17.7 Å². The Kier molecular flexibility index (Phi) is 5.59. The number of benzene rings is 2. The highest BCUT2D eigenvalue weighted by Crippen LogP contribution is 2.25. The highest BCUT2D eigenvalue weighted by Gasteiger charge is 2.25. The molecule has 0 bridgehead atoms. The maximum Gasteiger partial charge on any atom is 0.323 e. The number of carbonyl (C=O) groups is 1. The fourth-order valence-corrected chi connectivity index (χ4v) is 2.19. The molecule has 2 aromatic rings. The summed E-state index contributed by atoms with van der Waals surface area (Å²) in [5.41, 5.74) is 6.47. The molecule has 24 heavy (non-hydrogen) atoms. The molecule has 0 unspecified atom stereocenters. The number of nitro groups is 1. The smallest absolute Gasteiger partial charge is 0.323 e. The molecule has 0 fully saturated rings. The molecule has 2 atom stereocenters. The van der Waals surface area contributed by atoms with Crippen molar-refractivity contribution < 1.29 is 18.8 Å². The molecule has 6 nitrogen and oxygen atoms in total. The number of carbonyl (C=O) groups excluding carboxylic acids is 1. The van der Waals surface area contributed by atoms with Gasteiger partial charge >= 0.3 is 11.7 Å². The van der Waals surface area contributed by atoms with Crippen LogP contribution in [0.15, 0.2) is 48.5 Å². The number of nitrogens with zero attached hydrogens (tertiary/aromatic N) is 1. The third-order valence-electron chi connectivity index (χ3n) is 3.73. The largest absolute Gasteiger partial charge is 0.460 e. The number of hydrogen-bond acceptors (Lipinski definition) is 5. The molecular formula is C17H17FN2O4. The molecule has 0 aliphatic rings. The molecule has 126 valence electrons. The fraction of sp³-hybridized carbons (Fsp3) is 0.235. The molecule has 2 aromatic carbocycles. The van der Waals surface area contributed by atoms with E-state index < -0.39 is 34.4 Å². The van der Waals surface area contributed by atoms with Crippen molar-refractivity contribution in [2.75, 3.05) is 0 Å². The van der Waals surface area contributed by atoms with Crippen molar-refractivity contribution in [3.05, 3.63) is 75.6 Å². The lowest BCUT2D eigenvalue weighted by molar-refractivity contribution is -0.387. The lowest BCUT2D eigenvalue weighted by Gasteiger charge is -2.19. The molecule has 2 N–H and O–H groups in total. The second kappa shape index (κ2) is 7.65. The highest BCUT2D eigenvalue weighted by atomic mass is 19.1. The van der Waals surface area contributed by atoms with Gasteiger partial charge in [0.2, 0.25) is 5.82 Å². The Morgan fingerprint density at radius 2 is 1.96 bits per heavy atom. The maximum absolute atomic E-state index is 13.7. The molecule has 0 heterocycles. The molecular weight excluding hydrogens is 315 g/mol. The van der Waals surface area contributed by atoms with E-state index in [1.54, 1.807) is 6.92 Å².